The van der Waals surface area contributed by atoms with Crippen LogP contribution < -0.4 is 5.32 Å². The summed E-state index contributed by atoms with van der Waals surface area (Å²) in [5, 5.41) is 12.8. The summed E-state index contributed by atoms with van der Waals surface area (Å²) >= 11 is 0. The first-order valence-electron chi connectivity index (χ1n) is 5.91. The Morgan fingerprint density at radius 3 is 3.00 bits per heavy atom. The number of rotatable bonds is 6. The van der Waals surface area contributed by atoms with Crippen molar-refractivity contribution in [1.29, 1.82) is 0 Å². The monoisotopic (exact) mass is 261 g/mol. The van der Waals surface area contributed by atoms with Gasteiger partial charge in [-0.1, -0.05) is 18.2 Å². The van der Waals surface area contributed by atoms with Gasteiger partial charge in [0.2, 0.25) is 5.95 Å². The zero-order chi connectivity index (χ0) is 13.7. The fraction of sp³-hybridized carbons (Fsp3) is 0.308. The lowest BCUT2D eigenvalue weighted by molar-refractivity contribution is -0.138. The molecule has 1 atom stereocenters. The first-order chi connectivity index (χ1) is 9.20. The maximum absolute atomic E-state index is 11.1. The van der Waals surface area contributed by atoms with Gasteiger partial charge >= 0.3 is 5.97 Å². The number of anilines is 1. The van der Waals surface area contributed by atoms with Crippen molar-refractivity contribution >= 4 is 22.8 Å². The lowest BCUT2D eigenvalue weighted by Gasteiger charge is -2.13. The van der Waals surface area contributed by atoms with Crippen molar-refractivity contribution in [2.75, 3.05) is 19.0 Å². The number of fused-ring (bicyclic) bond motifs is 1. The molecule has 1 aromatic heterocycles. The standard InChI is InChI=1S/C13H15N3O3/c1-19-7-6-11(12(17)18)16-13-14-8-9-4-2-3-5-10(9)15-13/h2-5,8,11H,6-7H2,1H3,(H,17,18)(H,14,15,16). The van der Waals surface area contributed by atoms with Gasteiger partial charge in [0, 0.05) is 31.7 Å². The molecule has 19 heavy (non-hydrogen) atoms. The van der Waals surface area contributed by atoms with Crippen molar-refractivity contribution in [2.24, 2.45) is 0 Å². The summed E-state index contributed by atoms with van der Waals surface area (Å²) in [6.45, 7) is 0.359. The Hall–Kier alpha value is -2.21. The maximum atomic E-state index is 11.1. The second kappa shape index (κ2) is 6.10. The highest BCUT2D eigenvalue weighted by atomic mass is 16.5. The van der Waals surface area contributed by atoms with Gasteiger partial charge in [-0.3, -0.25) is 0 Å². The molecule has 0 aliphatic carbocycles. The highest BCUT2D eigenvalue weighted by molar-refractivity contribution is 5.80. The van der Waals surface area contributed by atoms with Crippen LogP contribution in [-0.4, -0.2) is 40.8 Å². The Bertz CT molecular complexity index is 574. The number of aliphatic carboxylic acids is 1. The molecule has 0 aliphatic rings. The zero-order valence-corrected chi connectivity index (χ0v) is 10.5. The van der Waals surface area contributed by atoms with Crippen LogP contribution in [0.5, 0.6) is 0 Å². The minimum Gasteiger partial charge on any atom is -0.480 e. The van der Waals surface area contributed by atoms with Gasteiger partial charge in [0.25, 0.3) is 0 Å². The van der Waals surface area contributed by atoms with Crippen molar-refractivity contribution in [3.63, 3.8) is 0 Å². The Morgan fingerprint density at radius 2 is 2.26 bits per heavy atom. The van der Waals surface area contributed by atoms with E-state index in [0.29, 0.717) is 19.0 Å². The second-order valence-electron chi connectivity index (χ2n) is 4.07. The third kappa shape index (κ3) is 3.38. The number of nitrogens with zero attached hydrogens (tertiary/aromatic N) is 2. The predicted molar refractivity (Wildman–Crippen MR) is 71.1 cm³/mol. The largest absolute Gasteiger partial charge is 0.480 e. The molecule has 100 valence electrons. The molecule has 0 radical (unpaired) electrons. The van der Waals surface area contributed by atoms with E-state index >= 15 is 0 Å². The van der Waals surface area contributed by atoms with E-state index < -0.39 is 12.0 Å². The summed E-state index contributed by atoms with van der Waals surface area (Å²) in [4.78, 5) is 19.5. The van der Waals surface area contributed by atoms with Gasteiger partial charge < -0.3 is 15.2 Å². The molecule has 2 N–H and O–H groups in total. The fourth-order valence-corrected chi connectivity index (χ4v) is 1.69. The predicted octanol–water partition coefficient (Wildman–Crippen LogP) is 1.53. The average molecular weight is 261 g/mol. The molecule has 0 saturated heterocycles. The van der Waals surface area contributed by atoms with Crippen LogP contribution in [0.2, 0.25) is 0 Å². The molecular formula is C13H15N3O3. The van der Waals surface area contributed by atoms with E-state index in [-0.39, 0.29) is 0 Å². The van der Waals surface area contributed by atoms with Crippen LogP contribution in [0, 0.1) is 0 Å². The first kappa shape index (κ1) is 13.2. The number of carboxylic acids is 1. The molecule has 2 aromatic rings. The molecule has 0 spiro atoms. The Morgan fingerprint density at radius 1 is 1.47 bits per heavy atom. The SMILES string of the molecule is COCCC(Nc1ncc2ccccc2n1)C(=O)O. The summed E-state index contributed by atoms with van der Waals surface area (Å²) in [6.07, 6.45) is 2.02. The molecule has 0 fully saturated rings. The van der Waals surface area contributed by atoms with Gasteiger partial charge in [0.15, 0.2) is 0 Å². The van der Waals surface area contributed by atoms with Crippen molar-refractivity contribution in [3.8, 4) is 0 Å². The smallest absolute Gasteiger partial charge is 0.326 e. The number of para-hydroxylation sites is 1. The summed E-state index contributed by atoms with van der Waals surface area (Å²) in [6, 6.07) is 6.77. The zero-order valence-electron chi connectivity index (χ0n) is 10.5. The third-order valence-electron chi connectivity index (χ3n) is 2.70. The first-order valence-corrected chi connectivity index (χ1v) is 5.91. The molecule has 1 aromatic carbocycles. The number of nitrogens with one attached hydrogen (secondary N) is 1. The van der Waals surface area contributed by atoms with Crippen LogP contribution in [0.4, 0.5) is 5.95 Å². The molecule has 1 unspecified atom stereocenters. The maximum Gasteiger partial charge on any atom is 0.326 e. The van der Waals surface area contributed by atoms with Crippen LogP contribution in [0.1, 0.15) is 6.42 Å². The Balaban J connectivity index is 2.16. The summed E-state index contributed by atoms with van der Waals surface area (Å²) < 4.78 is 4.89. The van der Waals surface area contributed by atoms with Gasteiger partial charge in [-0.05, 0) is 6.07 Å². The molecule has 6 heteroatoms. The molecule has 0 bridgehead atoms. The minimum absolute atomic E-state index is 0.308. The van der Waals surface area contributed by atoms with Gasteiger partial charge in [0.05, 0.1) is 5.52 Å². The topological polar surface area (TPSA) is 84.3 Å². The fourth-order valence-electron chi connectivity index (χ4n) is 1.69. The molecular weight excluding hydrogens is 246 g/mol. The molecule has 0 amide bonds. The quantitative estimate of drug-likeness (QED) is 0.820. The average Bonchev–Trinajstić information content (AvgIpc) is 2.43. The minimum atomic E-state index is -0.950. The normalized spacial score (nSPS) is 12.3. The molecule has 1 heterocycles. The molecule has 0 saturated carbocycles. The number of aromatic nitrogens is 2. The highest BCUT2D eigenvalue weighted by Crippen LogP contribution is 2.12. The highest BCUT2D eigenvalue weighted by Gasteiger charge is 2.17. The van der Waals surface area contributed by atoms with Gasteiger partial charge in [-0.25, -0.2) is 14.8 Å². The van der Waals surface area contributed by atoms with E-state index in [1.165, 1.54) is 7.11 Å². The van der Waals surface area contributed by atoms with E-state index in [2.05, 4.69) is 15.3 Å². The van der Waals surface area contributed by atoms with Gasteiger partial charge in [-0.2, -0.15) is 0 Å². The van der Waals surface area contributed by atoms with Crippen molar-refractivity contribution in [3.05, 3.63) is 30.5 Å². The van der Waals surface area contributed by atoms with Crippen molar-refractivity contribution < 1.29 is 14.6 Å². The Kier molecular flexibility index (Phi) is 4.25. The lowest BCUT2D eigenvalue weighted by atomic mass is 10.2. The summed E-state index contributed by atoms with van der Waals surface area (Å²) in [5.74, 6) is -0.643. The number of ether oxygens (including phenoxy) is 1. The number of carboxylic acid groups (broad SMARTS) is 1. The van der Waals surface area contributed by atoms with Gasteiger partial charge in [0.1, 0.15) is 6.04 Å². The van der Waals surface area contributed by atoms with Crippen LogP contribution in [0.25, 0.3) is 10.9 Å². The number of carbonyl (C=O) groups is 1. The second-order valence-corrected chi connectivity index (χ2v) is 4.07. The van der Waals surface area contributed by atoms with E-state index in [9.17, 15) is 4.79 Å². The lowest BCUT2D eigenvalue weighted by Crippen LogP contribution is -2.31. The van der Waals surface area contributed by atoms with E-state index in [1.54, 1.807) is 6.20 Å². The van der Waals surface area contributed by atoms with E-state index in [0.717, 1.165) is 10.9 Å². The molecule has 2 rings (SSSR count). The van der Waals surface area contributed by atoms with Crippen LogP contribution in [0.3, 0.4) is 0 Å². The van der Waals surface area contributed by atoms with Crippen molar-refractivity contribution in [2.45, 2.75) is 12.5 Å². The third-order valence-corrected chi connectivity index (χ3v) is 2.70. The number of hydrogen-bond acceptors (Lipinski definition) is 5. The number of hydrogen-bond donors (Lipinski definition) is 2. The summed E-state index contributed by atoms with van der Waals surface area (Å²) in [5.41, 5.74) is 0.774. The molecule has 0 aliphatic heterocycles. The van der Waals surface area contributed by atoms with Gasteiger partial charge in [-0.15, -0.1) is 0 Å². The molecule has 6 nitrogen and oxygen atoms in total. The van der Waals surface area contributed by atoms with E-state index in [1.807, 2.05) is 24.3 Å². The van der Waals surface area contributed by atoms with Crippen LogP contribution in [-0.2, 0) is 9.53 Å². The van der Waals surface area contributed by atoms with Crippen LogP contribution in [0.15, 0.2) is 30.5 Å². The summed E-state index contributed by atoms with van der Waals surface area (Å²) in [7, 11) is 1.53. The van der Waals surface area contributed by atoms with Crippen LogP contribution >= 0.6 is 0 Å². The van der Waals surface area contributed by atoms with E-state index in [4.69, 9.17) is 9.84 Å². The number of benzene rings is 1. The van der Waals surface area contributed by atoms with Crippen molar-refractivity contribution in [1.82, 2.24) is 9.97 Å². The Labute approximate surface area is 110 Å². The number of methoxy groups -OCH3 is 1.